The topological polar surface area (TPSA) is 32.8 Å². The molecule has 0 spiro atoms. The second-order valence-corrected chi connectivity index (χ2v) is 18.5. The number of hydrogen-bond acceptors (Lipinski definition) is 4. The summed E-state index contributed by atoms with van der Waals surface area (Å²) >= 11 is 0. The summed E-state index contributed by atoms with van der Waals surface area (Å²) in [5.41, 5.74) is 9.85. The molecule has 0 aliphatic rings. The SMILES string of the molecule is c1ccc(N(c2ccc3cc4c(cc3c2)oc2c4ccc3oc4cc5cc(N(c6ccccc6)c6ccc7ccc8ccccc8c7c6)ccc5cc4c32)c2ccc3ccc4ccccc4c3c2)cc1. The normalized spacial score (nSPS) is 12.0. The Morgan fingerprint density at radius 1 is 0.214 bits per heavy atom. The fraction of sp³-hybridized carbons (Fsp3) is 0. The second kappa shape index (κ2) is 15.1. The van der Waals surface area contributed by atoms with Crippen LogP contribution in [0.1, 0.15) is 0 Å². The molecule has 0 fully saturated rings. The van der Waals surface area contributed by atoms with Gasteiger partial charge in [0.1, 0.15) is 22.3 Å². The molecule has 0 atom stereocenters. The van der Waals surface area contributed by atoms with Crippen LogP contribution in [0.15, 0.2) is 251 Å². The maximum atomic E-state index is 6.94. The van der Waals surface area contributed by atoms with E-state index in [1.54, 1.807) is 0 Å². The highest BCUT2D eigenvalue weighted by molar-refractivity contribution is 6.24. The molecule has 15 aromatic rings. The molecule has 0 aliphatic carbocycles. The first-order valence-electron chi connectivity index (χ1n) is 23.9. The first-order chi connectivity index (χ1) is 34.6. The number of rotatable bonds is 6. The smallest absolute Gasteiger partial charge is 0.147 e. The fourth-order valence-corrected chi connectivity index (χ4v) is 11.1. The molecule has 0 amide bonds. The van der Waals surface area contributed by atoms with Crippen molar-refractivity contribution in [3.63, 3.8) is 0 Å². The van der Waals surface area contributed by atoms with Crippen LogP contribution in [-0.2, 0) is 0 Å². The van der Waals surface area contributed by atoms with Gasteiger partial charge < -0.3 is 18.6 Å². The molecular formula is C66H40N2O2. The molecular weight excluding hydrogens is 853 g/mol. The van der Waals surface area contributed by atoms with Crippen molar-refractivity contribution in [2.45, 2.75) is 0 Å². The molecule has 0 N–H and O–H groups in total. The molecule has 0 unspecified atom stereocenters. The lowest BCUT2D eigenvalue weighted by molar-refractivity contribution is 0.663. The number of para-hydroxylation sites is 2. The minimum Gasteiger partial charge on any atom is -0.456 e. The zero-order valence-electron chi connectivity index (χ0n) is 37.8. The van der Waals surface area contributed by atoms with Crippen molar-refractivity contribution < 1.29 is 8.83 Å². The molecule has 13 aromatic carbocycles. The maximum Gasteiger partial charge on any atom is 0.147 e. The van der Waals surface area contributed by atoms with Crippen LogP contribution in [0.25, 0.3) is 109 Å². The summed E-state index contributed by atoms with van der Waals surface area (Å²) in [5.74, 6) is 0. The molecule has 0 radical (unpaired) electrons. The second-order valence-electron chi connectivity index (χ2n) is 18.5. The number of furan rings is 2. The van der Waals surface area contributed by atoms with Gasteiger partial charge in [-0.25, -0.2) is 0 Å². The number of hydrogen-bond donors (Lipinski definition) is 0. The van der Waals surface area contributed by atoms with Crippen molar-refractivity contribution in [2.24, 2.45) is 0 Å². The van der Waals surface area contributed by atoms with E-state index in [1.165, 1.54) is 43.1 Å². The van der Waals surface area contributed by atoms with Gasteiger partial charge in [-0.2, -0.15) is 0 Å². The Kier molecular flexibility index (Phi) is 8.33. The standard InChI is InChI=1S/C66H40N2O2/c1-3-13-49(14-4-1)67(53-27-23-43-21-19-41-11-7-9-17-55(41)58(43)39-53)51-29-25-45-35-60-57-31-32-62-65(66(57)70-63(60)37-47(45)33-51)61-36-46-26-30-52(34-48(46)38-64(61)69-62)68(50-15-5-2-6-16-50)54-28-24-44-22-20-42-12-8-10-18-56(42)59(44)40-54/h1-40H. The van der Waals surface area contributed by atoms with Crippen molar-refractivity contribution in [1.29, 1.82) is 0 Å². The summed E-state index contributed by atoms with van der Waals surface area (Å²) < 4.78 is 13.6. The van der Waals surface area contributed by atoms with E-state index in [1.807, 2.05) is 0 Å². The van der Waals surface area contributed by atoms with Gasteiger partial charge in [-0.05, 0) is 174 Å². The summed E-state index contributed by atoms with van der Waals surface area (Å²) in [6, 6.07) is 87.6. The van der Waals surface area contributed by atoms with E-state index >= 15 is 0 Å². The minimum absolute atomic E-state index is 0.805. The van der Waals surface area contributed by atoms with Crippen molar-refractivity contribution in [3.8, 4) is 0 Å². The van der Waals surface area contributed by atoms with Gasteiger partial charge in [0.25, 0.3) is 0 Å². The third-order valence-electron chi connectivity index (χ3n) is 14.5. The van der Waals surface area contributed by atoms with E-state index < -0.39 is 0 Å². The third kappa shape index (κ3) is 6.03. The monoisotopic (exact) mass is 892 g/mol. The van der Waals surface area contributed by atoms with Crippen LogP contribution in [0.4, 0.5) is 34.1 Å². The van der Waals surface area contributed by atoms with E-state index in [9.17, 15) is 0 Å². The van der Waals surface area contributed by atoms with Crippen LogP contribution in [0.3, 0.4) is 0 Å². The third-order valence-corrected chi connectivity index (χ3v) is 14.5. The zero-order chi connectivity index (χ0) is 45.9. The summed E-state index contributed by atoms with van der Waals surface area (Å²) in [4.78, 5) is 4.70. The Morgan fingerprint density at radius 3 is 1.19 bits per heavy atom. The van der Waals surface area contributed by atoms with Gasteiger partial charge in [-0.1, -0.05) is 133 Å². The molecule has 0 bridgehead atoms. The predicted octanol–water partition coefficient (Wildman–Crippen LogP) is 19.3. The Labute approximate surface area is 402 Å². The Bertz CT molecular complexity index is 4610. The lowest BCUT2D eigenvalue weighted by atomic mass is 10.0. The summed E-state index contributed by atoms with van der Waals surface area (Å²) in [5, 5.41) is 18.5. The Morgan fingerprint density at radius 2 is 0.643 bits per heavy atom. The van der Waals surface area contributed by atoms with Crippen LogP contribution in [0.2, 0.25) is 0 Å². The molecule has 4 heteroatoms. The summed E-state index contributed by atoms with van der Waals surface area (Å²) in [6.45, 7) is 0. The number of benzene rings is 13. The van der Waals surface area contributed by atoms with Crippen LogP contribution in [0.5, 0.6) is 0 Å². The van der Waals surface area contributed by atoms with Crippen LogP contribution in [-0.4, -0.2) is 0 Å². The highest BCUT2D eigenvalue weighted by Gasteiger charge is 2.21. The molecule has 2 aromatic heterocycles. The average molecular weight is 893 g/mol. The van der Waals surface area contributed by atoms with Gasteiger partial charge in [0.15, 0.2) is 0 Å². The zero-order valence-corrected chi connectivity index (χ0v) is 37.8. The van der Waals surface area contributed by atoms with Crippen LogP contribution in [0, 0.1) is 0 Å². The highest BCUT2D eigenvalue weighted by atomic mass is 16.3. The van der Waals surface area contributed by atoms with E-state index in [0.29, 0.717) is 0 Å². The van der Waals surface area contributed by atoms with Crippen molar-refractivity contribution in [2.75, 3.05) is 9.80 Å². The quantitative estimate of drug-likeness (QED) is 0.156. The van der Waals surface area contributed by atoms with Crippen molar-refractivity contribution in [1.82, 2.24) is 0 Å². The van der Waals surface area contributed by atoms with E-state index in [-0.39, 0.29) is 0 Å². The van der Waals surface area contributed by atoms with E-state index in [2.05, 4.69) is 252 Å². The molecule has 15 rings (SSSR count). The Hall–Kier alpha value is -9.38. The first-order valence-corrected chi connectivity index (χ1v) is 23.9. The minimum atomic E-state index is 0.805. The Balaban J connectivity index is 0.845. The van der Waals surface area contributed by atoms with Crippen molar-refractivity contribution in [3.05, 3.63) is 243 Å². The lowest BCUT2D eigenvalue weighted by Crippen LogP contribution is -2.09. The maximum absolute atomic E-state index is 6.94. The van der Waals surface area contributed by atoms with Gasteiger partial charge >= 0.3 is 0 Å². The summed E-state index contributed by atoms with van der Waals surface area (Å²) in [6.07, 6.45) is 0. The average Bonchev–Trinajstić information content (AvgIpc) is 3.97. The molecule has 0 saturated carbocycles. The molecule has 2 heterocycles. The van der Waals surface area contributed by atoms with Gasteiger partial charge in [0.05, 0.1) is 5.39 Å². The molecule has 326 valence electrons. The molecule has 4 nitrogen and oxygen atoms in total. The first kappa shape index (κ1) is 38.7. The number of anilines is 6. The van der Waals surface area contributed by atoms with Crippen LogP contribution >= 0.6 is 0 Å². The molecule has 70 heavy (non-hydrogen) atoms. The molecule has 0 saturated heterocycles. The predicted molar refractivity (Wildman–Crippen MR) is 295 cm³/mol. The van der Waals surface area contributed by atoms with Gasteiger partial charge in [0.2, 0.25) is 0 Å². The summed E-state index contributed by atoms with van der Waals surface area (Å²) in [7, 11) is 0. The fourth-order valence-electron chi connectivity index (χ4n) is 11.1. The van der Waals surface area contributed by atoms with Gasteiger partial charge in [-0.3, -0.25) is 0 Å². The van der Waals surface area contributed by atoms with Gasteiger partial charge in [0, 0.05) is 50.3 Å². The molecule has 0 aliphatic heterocycles. The van der Waals surface area contributed by atoms with Gasteiger partial charge in [-0.15, -0.1) is 0 Å². The van der Waals surface area contributed by atoms with E-state index in [4.69, 9.17) is 8.83 Å². The number of fused-ring (bicyclic) bond motifs is 15. The largest absolute Gasteiger partial charge is 0.456 e. The lowest BCUT2D eigenvalue weighted by Gasteiger charge is -2.26. The van der Waals surface area contributed by atoms with Crippen LogP contribution < -0.4 is 9.80 Å². The number of nitrogens with zero attached hydrogens (tertiary/aromatic N) is 2. The highest BCUT2D eigenvalue weighted by Crippen LogP contribution is 2.45. The van der Waals surface area contributed by atoms with E-state index in [0.717, 1.165) is 99.5 Å². The van der Waals surface area contributed by atoms with Crippen molar-refractivity contribution >= 4 is 143 Å².